The highest BCUT2D eigenvalue weighted by Gasteiger charge is 2.32. The Kier molecular flexibility index (Phi) is 5.02. The van der Waals surface area contributed by atoms with Crippen LogP contribution < -0.4 is 0 Å². The molecule has 1 saturated heterocycles. The molecular formula is C21H25N3O2S. The number of aromatic nitrogens is 2. The summed E-state index contributed by atoms with van der Waals surface area (Å²) in [6.07, 6.45) is 3.76. The van der Waals surface area contributed by atoms with Crippen molar-refractivity contribution >= 4 is 15.5 Å². The highest BCUT2D eigenvalue weighted by molar-refractivity contribution is 7.91. The van der Waals surface area contributed by atoms with E-state index in [1.807, 2.05) is 42.6 Å². The van der Waals surface area contributed by atoms with E-state index in [0.29, 0.717) is 12.3 Å². The van der Waals surface area contributed by atoms with Crippen molar-refractivity contribution in [3.8, 4) is 11.3 Å². The largest absolute Gasteiger partial charge is 0.302 e. The molecule has 4 rings (SSSR count). The van der Waals surface area contributed by atoms with Crippen LogP contribution in [0.1, 0.15) is 25.5 Å². The Morgan fingerprint density at radius 3 is 2.63 bits per heavy atom. The van der Waals surface area contributed by atoms with Crippen molar-refractivity contribution < 1.29 is 8.42 Å². The van der Waals surface area contributed by atoms with Gasteiger partial charge >= 0.3 is 0 Å². The number of nitrogens with zero attached hydrogens (tertiary/aromatic N) is 3. The van der Waals surface area contributed by atoms with Gasteiger partial charge in [-0.05, 0) is 31.5 Å². The van der Waals surface area contributed by atoms with E-state index in [9.17, 15) is 8.42 Å². The number of hydrogen-bond acceptors (Lipinski definition) is 4. The van der Waals surface area contributed by atoms with Gasteiger partial charge in [0.25, 0.3) is 0 Å². The van der Waals surface area contributed by atoms with E-state index < -0.39 is 9.84 Å². The second kappa shape index (κ2) is 7.44. The van der Waals surface area contributed by atoms with Gasteiger partial charge in [0.05, 0.1) is 22.9 Å². The van der Waals surface area contributed by atoms with Crippen LogP contribution >= 0.6 is 0 Å². The van der Waals surface area contributed by atoms with Crippen molar-refractivity contribution in [1.29, 1.82) is 0 Å². The lowest BCUT2D eigenvalue weighted by molar-refractivity contribution is 0.201. The second-order valence-electron chi connectivity index (χ2n) is 7.23. The summed E-state index contributed by atoms with van der Waals surface area (Å²) in [4.78, 5) is 7.20. The minimum absolute atomic E-state index is 0.0906. The van der Waals surface area contributed by atoms with Crippen molar-refractivity contribution in [2.24, 2.45) is 0 Å². The lowest BCUT2D eigenvalue weighted by Gasteiger charge is -2.27. The summed E-state index contributed by atoms with van der Waals surface area (Å²) in [7, 11) is -2.91. The van der Waals surface area contributed by atoms with Gasteiger partial charge in [-0.15, -0.1) is 0 Å². The maximum atomic E-state index is 12.0. The molecule has 1 aliphatic heterocycles. The predicted molar refractivity (Wildman–Crippen MR) is 108 cm³/mol. The summed E-state index contributed by atoms with van der Waals surface area (Å²) >= 11 is 0. The molecule has 6 heteroatoms. The van der Waals surface area contributed by atoms with Gasteiger partial charge in [-0.3, -0.25) is 4.90 Å². The zero-order chi connectivity index (χ0) is 18.9. The van der Waals surface area contributed by atoms with Gasteiger partial charge < -0.3 is 4.40 Å². The molecule has 0 saturated carbocycles. The van der Waals surface area contributed by atoms with E-state index in [2.05, 4.69) is 28.4 Å². The molecule has 3 aromatic rings. The van der Waals surface area contributed by atoms with Gasteiger partial charge in [0.15, 0.2) is 9.84 Å². The summed E-state index contributed by atoms with van der Waals surface area (Å²) in [6.45, 7) is 3.72. The van der Waals surface area contributed by atoms with Crippen LogP contribution in [0.2, 0.25) is 0 Å². The van der Waals surface area contributed by atoms with Crippen LogP contribution in [-0.2, 0) is 16.4 Å². The molecular weight excluding hydrogens is 358 g/mol. The topological polar surface area (TPSA) is 54.7 Å². The van der Waals surface area contributed by atoms with Gasteiger partial charge in [0.1, 0.15) is 5.65 Å². The summed E-state index contributed by atoms with van der Waals surface area (Å²) in [5, 5.41) is 0. The Morgan fingerprint density at radius 1 is 1.15 bits per heavy atom. The van der Waals surface area contributed by atoms with Crippen LogP contribution in [0.4, 0.5) is 0 Å². The first-order valence-corrected chi connectivity index (χ1v) is 11.4. The fourth-order valence-corrected chi connectivity index (χ4v) is 5.72. The monoisotopic (exact) mass is 383 g/mol. The van der Waals surface area contributed by atoms with Gasteiger partial charge in [-0.25, -0.2) is 13.4 Å². The third-order valence-electron chi connectivity index (χ3n) is 5.26. The first-order chi connectivity index (χ1) is 13.1. The molecule has 27 heavy (non-hydrogen) atoms. The van der Waals surface area contributed by atoms with Crippen molar-refractivity contribution in [3.05, 3.63) is 60.4 Å². The maximum Gasteiger partial charge on any atom is 0.151 e. The minimum Gasteiger partial charge on any atom is -0.302 e. The van der Waals surface area contributed by atoms with Gasteiger partial charge in [0, 0.05) is 24.3 Å². The Morgan fingerprint density at radius 2 is 1.93 bits per heavy atom. The fraction of sp³-hybridized carbons (Fsp3) is 0.381. The third-order valence-corrected chi connectivity index (χ3v) is 7.01. The van der Waals surface area contributed by atoms with Crippen LogP contribution in [0.3, 0.4) is 0 Å². The maximum absolute atomic E-state index is 12.0. The molecule has 1 unspecified atom stereocenters. The first kappa shape index (κ1) is 18.2. The Bertz CT molecular complexity index is 1030. The van der Waals surface area contributed by atoms with Crippen LogP contribution in [-0.4, -0.2) is 46.8 Å². The lowest BCUT2D eigenvalue weighted by atomic mass is 10.1. The van der Waals surface area contributed by atoms with E-state index >= 15 is 0 Å². The van der Waals surface area contributed by atoms with E-state index in [0.717, 1.165) is 42.0 Å². The van der Waals surface area contributed by atoms with Crippen LogP contribution in [0.25, 0.3) is 16.9 Å². The average Bonchev–Trinajstić information content (AvgIpc) is 3.22. The number of benzene rings is 1. The molecule has 1 aliphatic rings. The fourth-order valence-electron chi connectivity index (χ4n) is 3.96. The summed E-state index contributed by atoms with van der Waals surface area (Å²) < 4.78 is 26.2. The van der Waals surface area contributed by atoms with Crippen molar-refractivity contribution in [2.75, 3.05) is 18.1 Å². The Labute approximate surface area is 160 Å². The summed E-state index contributed by atoms with van der Waals surface area (Å²) in [6, 6.07) is 16.3. The first-order valence-electron chi connectivity index (χ1n) is 9.53. The molecule has 0 spiro atoms. The molecule has 0 N–H and O–H groups in total. The molecule has 1 fully saturated rings. The molecule has 1 aromatic carbocycles. The van der Waals surface area contributed by atoms with E-state index in [4.69, 9.17) is 4.98 Å². The quantitative estimate of drug-likeness (QED) is 0.655. The van der Waals surface area contributed by atoms with Crippen LogP contribution in [0, 0.1) is 0 Å². The molecule has 1 atom stereocenters. The summed E-state index contributed by atoms with van der Waals surface area (Å²) in [5.74, 6) is 0.570. The number of sulfone groups is 1. The van der Waals surface area contributed by atoms with Crippen molar-refractivity contribution in [1.82, 2.24) is 14.3 Å². The number of hydrogen-bond donors (Lipinski definition) is 0. The zero-order valence-corrected chi connectivity index (χ0v) is 16.4. The second-order valence-corrected chi connectivity index (χ2v) is 9.46. The number of fused-ring (bicyclic) bond motifs is 1. The molecule has 3 heterocycles. The van der Waals surface area contributed by atoms with Crippen LogP contribution in [0.15, 0.2) is 54.7 Å². The highest BCUT2D eigenvalue weighted by Crippen LogP contribution is 2.28. The Balaban J connectivity index is 1.75. The number of rotatable bonds is 6. The van der Waals surface area contributed by atoms with E-state index in [-0.39, 0.29) is 11.8 Å². The SMILES string of the molecule is CCCN(Cc1c(-c2ccccc2)nc2ccccn12)C1CCS(=O)(=O)C1. The van der Waals surface area contributed by atoms with Crippen molar-refractivity contribution in [3.63, 3.8) is 0 Å². The van der Waals surface area contributed by atoms with Gasteiger partial charge in [0.2, 0.25) is 0 Å². The highest BCUT2D eigenvalue weighted by atomic mass is 32.2. The third kappa shape index (κ3) is 3.77. The predicted octanol–water partition coefficient (Wildman–Crippen LogP) is 3.40. The van der Waals surface area contributed by atoms with Crippen molar-refractivity contribution in [2.45, 2.75) is 32.4 Å². The number of pyridine rings is 1. The molecule has 142 valence electrons. The molecule has 0 aliphatic carbocycles. The van der Waals surface area contributed by atoms with E-state index in [1.54, 1.807) is 0 Å². The Hall–Kier alpha value is -2.18. The van der Waals surface area contributed by atoms with Gasteiger partial charge in [-0.1, -0.05) is 43.3 Å². The van der Waals surface area contributed by atoms with Crippen LogP contribution in [0.5, 0.6) is 0 Å². The van der Waals surface area contributed by atoms with E-state index in [1.165, 1.54) is 0 Å². The minimum atomic E-state index is -2.91. The lowest BCUT2D eigenvalue weighted by Crippen LogP contribution is -2.36. The summed E-state index contributed by atoms with van der Waals surface area (Å²) in [5.41, 5.74) is 4.10. The standard InChI is InChI=1S/C21H25N3O2S/c1-2-12-23(18-11-14-27(25,26)16-18)15-19-21(17-8-4-3-5-9-17)22-20-10-6-7-13-24(19)20/h3-10,13,18H,2,11-12,14-16H2,1H3. The molecule has 0 amide bonds. The van der Waals surface area contributed by atoms with Gasteiger partial charge in [-0.2, -0.15) is 0 Å². The smallest absolute Gasteiger partial charge is 0.151 e. The molecule has 5 nitrogen and oxygen atoms in total. The normalized spacial score (nSPS) is 19.1. The number of imidazole rings is 1. The zero-order valence-electron chi connectivity index (χ0n) is 15.6. The average molecular weight is 384 g/mol. The molecule has 2 aromatic heterocycles. The molecule has 0 radical (unpaired) electrons. The molecule has 0 bridgehead atoms.